The van der Waals surface area contributed by atoms with E-state index in [1.165, 1.54) is 12.3 Å². The molecular formula is C28H25F3N6O2. The predicted octanol–water partition coefficient (Wildman–Crippen LogP) is 5.29. The van der Waals surface area contributed by atoms with E-state index in [-0.39, 0.29) is 18.0 Å². The first kappa shape index (κ1) is 27.4. The van der Waals surface area contributed by atoms with Gasteiger partial charge < -0.3 is 15.5 Å². The van der Waals surface area contributed by atoms with E-state index in [2.05, 4.69) is 25.6 Å². The van der Waals surface area contributed by atoms with Gasteiger partial charge in [-0.15, -0.1) is 0 Å². The number of carbonyl (C=O) groups excluding carboxylic acids is 2. The summed E-state index contributed by atoms with van der Waals surface area (Å²) in [5.74, 6) is -0.466. The van der Waals surface area contributed by atoms with Crippen molar-refractivity contribution in [2.45, 2.75) is 13.1 Å². The van der Waals surface area contributed by atoms with Gasteiger partial charge in [-0.2, -0.15) is 13.2 Å². The van der Waals surface area contributed by atoms with Crippen LogP contribution in [0.5, 0.6) is 0 Å². The number of hydrogen-bond acceptors (Lipinski definition) is 6. The van der Waals surface area contributed by atoms with Crippen molar-refractivity contribution < 1.29 is 22.8 Å². The van der Waals surface area contributed by atoms with Crippen molar-refractivity contribution in [3.8, 4) is 22.3 Å². The Morgan fingerprint density at radius 2 is 1.59 bits per heavy atom. The first-order valence-electron chi connectivity index (χ1n) is 11.8. The lowest BCUT2D eigenvalue weighted by atomic mass is 9.98. The largest absolute Gasteiger partial charge is 0.433 e. The number of halogens is 3. The summed E-state index contributed by atoms with van der Waals surface area (Å²) in [4.78, 5) is 38.4. The van der Waals surface area contributed by atoms with Gasteiger partial charge in [-0.1, -0.05) is 18.2 Å². The van der Waals surface area contributed by atoms with Crippen molar-refractivity contribution in [1.82, 2.24) is 19.9 Å². The maximum Gasteiger partial charge on any atom is 0.433 e. The molecule has 0 unspecified atom stereocenters. The second-order valence-electron chi connectivity index (χ2n) is 9.04. The minimum atomic E-state index is -4.66. The maximum atomic E-state index is 13.0. The lowest BCUT2D eigenvalue weighted by Crippen LogP contribution is -2.27. The molecule has 0 aliphatic heterocycles. The van der Waals surface area contributed by atoms with Gasteiger partial charge in [0.05, 0.1) is 18.4 Å². The van der Waals surface area contributed by atoms with Gasteiger partial charge in [0.2, 0.25) is 5.91 Å². The van der Waals surface area contributed by atoms with E-state index in [0.717, 1.165) is 28.5 Å². The molecule has 39 heavy (non-hydrogen) atoms. The van der Waals surface area contributed by atoms with Crippen molar-refractivity contribution in [2.24, 2.45) is 0 Å². The zero-order chi connectivity index (χ0) is 28.2. The summed E-state index contributed by atoms with van der Waals surface area (Å²) >= 11 is 0. The molecule has 0 radical (unpaired) electrons. The van der Waals surface area contributed by atoms with Crippen LogP contribution < -0.4 is 10.6 Å². The highest BCUT2D eigenvalue weighted by atomic mass is 19.4. The molecule has 0 saturated carbocycles. The Morgan fingerprint density at radius 1 is 0.872 bits per heavy atom. The topological polar surface area (TPSA) is 100 Å². The molecule has 0 fully saturated rings. The Kier molecular flexibility index (Phi) is 8.01. The predicted molar refractivity (Wildman–Crippen MR) is 142 cm³/mol. The number of pyridine rings is 3. The van der Waals surface area contributed by atoms with E-state index in [4.69, 9.17) is 0 Å². The van der Waals surface area contributed by atoms with Crippen LogP contribution in [-0.4, -0.2) is 52.3 Å². The minimum Gasteiger partial charge on any atom is -0.321 e. The summed E-state index contributed by atoms with van der Waals surface area (Å²) in [5, 5.41) is 5.39. The van der Waals surface area contributed by atoms with Crippen molar-refractivity contribution in [3.63, 3.8) is 0 Å². The van der Waals surface area contributed by atoms with Crippen LogP contribution in [-0.2, 0) is 11.0 Å². The fourth-order valence-corrected chi connectivity index (χ4v) is 3.84. The minimum absolute atomic E-state index is 0.174. The second-order valence-corrected chi connectivity index (χ2v) is 9.04. The van der Waals surface area contributed by atoms with Crippen LogP contribution >= 0.6 is 0 Å². The fraction of sp³-hybridized carbons (Fsp3) is 0.179. The van der Waals surface area contributed by atoms with Crippen molar-refractivity contribution in [3.05, 3.63) is 90.1 Å². The third-order valence-corrected chi connectivity index (χ3v) is 5.65. The SMILES string of the molecule is Cc1ncc(NC(=O)c2ccnc(C(F)(F)F)c2)cc1-c1cccc(-c2ccnc(NC(=O)CN(C)C)c2)c1. The van der Waals surface area contributed by atoms with Crippen LogP contribution in [0.4, 0.5) is 24.7 Å². The molecule has 2 amide bonds. The Morgan fingerprint density at radius 3 is 2.33 bits per heavy atom. The number of anilines is 2. The number of amides is 2. The highest BCUT2D eigenvalue weighted by molar-refractivity contribution is 6.04. The molecule has 0 aliphatic rings. The first-order chi connectivity index (χ1) is 18.5. The van der Waals surface area contributed by atoms with Gasteiger partial charge in [-0.05, 0) is 74.1 Å². The van der Waals surface area contributed by atoms with Gasteiger partial charge >= 0.3 is 6.18 Å². The second kappa shape index (κ2) is 11.4. The summed E-state index contributed by atoms with van der Waals surface area (Å²) in [6.45, 7) is 2.04. The number of benzene rings is 1. The highest BCUT2D eigenvalue weighted by Crippen LogP contribution is 2.31. The molecule has 0 spiro atoms. The maximum absolute atomic E-state index is 13.0. The molecule has 1 aromatic carbocycles. The monoisotopic (exact) mass is 534 g/mol. The molecule has 4 rings (SSSR count). The molecule has 0 aliphatic carbocycles. The van der Waals surface area contributed by atoms with Crippen molar-refractivity contribution in [1.29, 1.82) is 0 Å². The average Bonchev–Trinajstić information content (AvgIpc) is 2.89. The molecule has 11 heteroatoms. The molecule has 2 N–H and O–H groups in total. The summed E-state index contributed by atoms with van der Waals surface area (Å²) in [6, 6.07) is 14.8. The normalized spacial score (nSPS) is 11.4. The molecule has 0 atom stereocenters. The van der Waals surface area contributed by atoms with Crippen LogP contribution in [0.15, 0.2) is 73.2 Å². The number of alkyl halides is 3. The third kappa shape index (κ3) is 7.02. The van der Waals surface area contributed by atoms with E-state index in [0.29, 0.717) is 23.3 Å². The number of aromatic nitrogens is 3. The molecule has 0 saturated heterocycles. The molecule has 200 valence electrons. The number of nitrogens with one attached hydrogen (secondary N) is 2. The Bertz CT molecular complexity index is 1520. The number of nitrogens with zero attached hydrogens (tertiary/aromatic N) is 4. The van der Waals surface area contributed by atoms with Crippen LogP contribution in [0.1, 0.15) is 21.7 Å². The summed E-state index contributed by atoms with van der Waals surface area (Å²) < 4.78 is 39.0. The zero-order valence-electron chi connectivity index (χ0n) is 21.4. The Hall–Kier alpha value is -4.64. The molecule has 3 aromatic heterocycles. The van der Waals surface area contributed by atoms with E-state index in [1.54, 1.807) is 37.3 Å². The quantitative estimate of drug-likeness (QED) is 0.335. The number of rotatable bonds is 7. The third-order valence-electron chi connectivity index (χ3n) is 5.65. The number of likely N-dealkylation sites (N-methyl/N-ethyl adjacent to an activating group) is 1. The molecule has 8 nitrogen and oxygen atoms in total. The van der Waals surface area contributed by atoms with Gasteiger partial charge in [0, 0.05) is 29.2 Å². The first-order valence-corrected chi connectivity index (χ1v) is 11.8. The lowest BCUT2D eigenvalue weighted by Gasteiger charge is -2.13. The summed E-state index contributed by atoms with van der Waals surface area (Å²) in [7, 11) is 3.60. The molecular weight excluding hydrogens is 509 g/mol. The van der Waals surface area contributed by atoms with Crippen LogP contribution in [0.3, 0.4) is 0 Å². The number of aryl methyl sites for hydroxylation is 1. The van der Waals surface area contributed by atoms with Crippen LogP contribution in [0, 0.1) is 6.92 Å². The molecule has 3 heterocycles. The highest BCUT2D eigenvalue weighted by Gasteiger charge is 2.33. The average molecular weight is 535 g/mol. The van der Waals surface area contributed by atoms with Crippen molar-refractivity contribution >= 4 is 23.3 Å². The summed E-state index contributed by atoms with van der Waals surface area (Å²) in [6.07, 6.45) is -0.662. The van der Waals surface area contributed by atoms with Gasteiger partial charge in [-0.25, -0.2) is 4.98 Å². The van der Waals surface area contributed by atoms with Gasteiger partial charge in [0.15, 0.2) is 0 Å². The fourth-order valence-electron chi connectivity index (χ4n) is 3.84. The lowest BCUT2D eigenvalue weighted by molar-refractivity contribution is -0.141. The number of hydrogen-bond donors (Lipinski definition) is 2. The molecule has 4 aromatic rings. The van der Waals surface area contributed by atoms with Gasteiger partial charge in [0.1, 0.15) is 11.5 Å². The van der Waals surface area contributed by atoms with E-state index >= 15 is 0 Å². The van der Waals surface area contributed by atoms with Crippen molar-refractivity contribution in [2.75, 3.05) is 31.3 Å². The van der Waals surface area contributed by atoms with E-state index in [1.807, 2.05) is 37.3 Å². The van der Waals surface area contributed by atoms with Crippen LogP contribution in [0.2, 0.25) is 0 Å². The van der Waals surface area contributed by atoms with Gasteiger partial charge in [0.25, 0.3) is 5.91 Å². The Balaban J connectivity index is 1.58. The summed E-state index contributed by atoms with van der Waals surface area (Å²) in [5.41, 5.74) is 2.94. The molecule has 0 bridgehead atoms. The zero-order valence-corrected chi connectivity index (χ0v) is 21.4. The standard InChI is InChI=1S/C28H25F3N6O2/c1-17-23(14-22(15-34-17)35-27(39)21-8-9-32-24(12-21)28(29,30)31)20-6-4-5-18(11-20)19-7-10-33-25(13-19)36-26(38)16-37(2)3/h4-15H,16H2,1-3H3,(H,35,39)(H,33,36,38). The number of carbonyl (C=O) groups is 2. The smallest absolute Gasteiger partial charge is 0.321 e. The van der Waals surface area contributed by atoms with E-state index in [9.17, 15) is 22.8 Å². The van der Waals surface area contributed by atoms with Crippen LogP contribution in [0.25, 0.3) is 22.3 Å². The Labute approximate surface area is 222 Å². The van der Waals surface area contributed by atoms with E-state index < -0.39 is 17.8 Å². The van der Waals surface area contributed by atoms with Gasteiger partial charge in [-0.3, -0.25) is 19.6 Å².